The smallest absolute Gasteiger partial charge is 0.164 e. The predicted molar refractivity (Wildman–Crippen MR) is 238 cm³/mol. The molecule has 5 nitrogen and oxygen atoms in total. The van der Waals surface area contributed by atoms with Crippen molar-refractivity contribution in [1.29, 1.82) is 0 Å². The van der Waals surface area contributed by atoms with E-state index in [4.69, 9.17) is 15.0 Å². The van der Waals surface area contributed by atoms with Gasteiger partial charge in [0, 0.05) is 59.4 Å². The minimum Gasteiger partial charge on any atom is -0.309 e. The third kappa shape index (κ3) is 4.91. The fourth-order valence-corrected chi connectivity index (χ4v) is 9.89. The average molecular weight is 746 g/mol. The first-order chi connectivity index (χ1) is 28.3. The van der Waals surface area contributed by atoms with Crippen molar-refractivity contribution in [1.82, 2.24) is 24.1 Å². The maximum atomic E-state index is 5.06. The van der Waals surface area contributed by atoms with Gasteiger partial charge < -0.3 is 9.13 Å². The second-order valence-corrected chi connectivity index (χ2v) is 15.5. The molecule has 0 aliphatic carbocycles. The molecule has 0 spiro atoms. The van der Waals surface area contributed by atoms with Gasteiger partial charge in [-0.15, -0.1) is 11.3 Å². The molecule has 57 heavy (non-hydrogen) atoms. The zero-order valence-corrected chi connectivity index (χ0v) is 31.4. The van der Waals surface area contributed by atoms with E-state index < -0.39 is 0 Å². The number of thiophene rings is 1. The molecule has 0 saturated carbocycles. The lowest BCUT2D eigenvalue weighted by molar-refractivity contribution is 1.07. The van der Waals surface area contributed by atoms with Gasteiger partial charge in [-0.25, -0.2) is 15.0 Å². The van der Waals surface area contributed by atoms with Crippen LogP contribution in [0.25, 0.3) is 109 Å². The van der Waals surface area contributed by atoms with Crippen molar-refractivity contribution in [3.8, 4) is 45.5 Å². The predicted octanol–water partition coefficient (Wildman–Crippen LogP) is 13.4. The van der Waals surface area contributed by atoms with Crippen LogP contribution in [0.1, 0.15) is 0 Å². The summed E-state index contributed by atoms with van der Waals surface area (Å²) in [6, 6.07) is 66.6. The fraction of sp³-hybridized carbons (Fsp3) is 0. The second-order valence-electron chi connectivity index (χ2n) is 14.4. The maximum Gasteiger partial charge on any atom is 0.164 e. The molecular formula is C51H31N5S. The Morgan fingerprint density at radius 3 is 1.51 bits per heavy atom. The van der Waals surface area contributed by atoms with Gasteiger partial charge in [0.2, 0.25) is 0 Å². The molecule has 0 radical (unpaired) electrons. The molecule has 0 aliphatic rings. The van der Waals surface area contributed by atoms with Gasteiger partial charge in [-0.2, -0.15) is 0 Å². The number of rotatable bonds is 5. The summed E-state index contributed by atoms with van der Waals surface area (Å²) in [7, 11) is 0. The Hall–Kier alpha value is -7.41. The van der Waals surface area contributed by atoms with Crippen molar-refractivity contribution in [3.05, 3.63) is 188 Å². The molecule has 12 rings (SSSR count). The number of fused-ring (bicyclic) bond motifs is 10. The van der Waals surface area contributed by atoms with Crippen LogP contribution in [0, 0.1) is 0 Å². The number of benzene rings is 8. The van der Waals surface area contributed by atoms with Crippen LogP contribution in [0.2, 0.25) is 0 Å². The van der Waals surface area contributed by atoms with E-state index in [1.807, 2.05) is 72.0 Å². The van der Waals surface area contributed by atoms with Crippen LogP contribution < -0.4 is 0 Å². The summed E-state index contributed by atoms with van der Waals surface area (Å²) in [5.41, 5.74) is 9.74. The molecular weight excluding hydrogens is 715 g/mol. The van der Waals surface area contributed by atoms with Crippen LogP contribution in [0.3, 0.4) is 0 Å². The summed E-state index contributed by atoms with van der Waals surface area (Å²) >= 11 is 1.87. The van der Waals surface area contributed by atoms with E-state index >= 15 is 0 Å². The molecule has 0 atom stereocenters. The summed E-state index contributed by atoms with van der Waals surface area (Å²) in [5.74, 6) is 1.92. The van der Waals surface area contributed by atoms with Crippen LogP contribution in [-0.4, -0.2) is 24.1 Å². The minimum absolute atomic E-state index is 0.631. The van der Waals surface area contributed by atoms with Gasteiger partial charge in [0.1, 0.15) is 0 Å². The van der Waals surface area contributed by atoms with Gasteiger partial charge in [-0.3, -0.25) is 0 Å². The number of hydrogen-bond acceptors (Lipinski definition) is 4. The Balaban J connectivity index is 1.10. The zero-order chi connectivity index (χ0) is 37.5. The number of nitrogens with zero attached hydrogens (tertiary/aromatic N) is 5. The Kier molecular flexibility index (Phi) is 7.03. The highest BCUT2D eigenvalue weighted by Gasteiger charge is 2.22. The first-order valence-electron chi connectivity index (χ1n) is 19.1. The monoisotopic (exact) mass is 745 g/mol. The Bertz CT molecular complexity index is 3470. The van der Waals surface area contributed by atoms with E-state index in [-0.39, 0.29) is 0 Å². The second kappa shape index (κ2) is 12.6. The van der Waals surface area contributed by atoms with Crippen LogP contribution in [0.15, 0.2) is 188 Å². The number of hydrogen-bond donors (Lipinski definition) is 0. The van der Waals surface area contributed by atoms with Gasteiger partial charge in [0.05, 0.1) is 32.5 Å². The first-order valence-corrected chi connectivity index (χ1v) is 19.9. The molecule has 0 aliphatic heterocycles. The third-order valence-corrected chi connectivity index (χ3v) is 12.4. The molecule has 0 N–H and O–H groups in total. The van der Waals surface area contributed by atoms with Crippen LogP contribution in [0.5, 0.6) is 0 Å². The normalized spacial score (nSPS) is 11.9. The van der Waals surface area contributed by atoms with Crippen molar-refractivity contribution in [2.75, 3.05) is 0 Å². The largest absolute Gasteiger partial charge is 0.309 e. The Morgan fingerprint density at radius 1 is 0.351 bits per heavy atom. The van der Waals surface area contributed by atoms with E-state index in [1.165, 1.54) is 58.4 Å². The molecule has 0 bridgehead atoms. The van der Waals surface area contributed by atoms with E-state index in [1.54, 1.807) is 0 Å². The fourth-order valence-electron chi connectivity index (χ4n) is 8.69. The topological polar surface area (TPSA) is 48.5 Å². The molecule has 8 aromatic carbocycles. The van der Waals surface area contributed by atoms with E-state index in [0.29, 0.717) is 17.5 Å². The van der Waals surface area contributed by atoms with Gasteiger partial charge in [-0.1, -0.05) is 140 Å². The van der Waals surface area contributed by atoms with Gasteiger partial charge in [0.25, 0.3) is 0 Å². The number of aromatic nitrogens is 5. The zero-order valence-electron chi connectivity index (χ0n) is 30.5. The van der Waals surface area contributed by atoms with Crippen molar-refractivity contribution >= 4 is 75.1 Å². The molecule has 12 aromatic rings. The summed E-state index contributed by atoms with van der Waals surface area (Å²) in [4.78, 5) is 15.0. The third-order valence-electron chi connectivity index (χ3n) is 11.2. The molecule has 6 heteroatoms. The highest BCUT2D eigenvalue weighted by atomic mass is 32.1. The molecule has 4 heterocycles. The summed E-state index contributed by atoms with van der Waals surface area (Å²) in [6.45, 7) is 0. The lowest BCUT2D eigenvalue weighted by atomic mass is 10.1. The number of para-hydroxylation sites is 2. The highest BCUT2D eigenvalue weighted by molar-refractivity contribution is 7.26. The quantitative estimate of drug-likeness (QED) is 0.176. The van der Waals surface area contributed by atoms with Crippen LogP contribution in [0.4, 0.5) is 0 Å². The van der Waals surface area contributed by atoms with Crippen molar-refractivity contribution in [2.24, 2.45) is 0 Å². The summed E-state index contributed by atoms with van der Waals surface area (Å²) < 4.78 is 7.47. The Labute approximate surface area is 331 Å². The SMILES string of the molecule is c1ccc(-c2nc(-c3ccccc3)nc(-c3cccc(-n4c5ccccc5c5c6c7ccccc7n(-c7cccc8c7sc7ccccc78)c6ccc54)c3)n2)cc1. The average Bonchev–Trinajstić information content (AvgIpc) is 3.95. The van der Waals surface area contributed by atoms with Gasteiger partial charge in [-0.05, 0) is 48.5 Å². The molecule has 0 fully saturated rings. The maximum absolute atomic E-state index is 5.06. The van der Waals surface area contributed by atoms with Gasteiger partial charge in [0.15, 0.2) is 17.5 Å². The molecule has 266 valence electrons. The standard InChI is InChI=1S/C51H31N5S/c1-3-15-32(16-4-1)49-52-50(33-17-5-2-6-18-33)54-51(53-49)34-19-13-20-35(31-34)55-40-25-10-7-22-38(40)46-42(55)29-30-43-47(46)39-23-8-11-26-41(39)56(43)44-27-14-24-37-36-21-9-12-28-45(36)57-48(37)44/h1-31H. The van der Waals surface area contributed by atoms with E-state index in [9.17, 15) is 0 Å². The summed E-state index contributed by atoms with van der Waals surface area (Å²) in [5, 5.41) is 7.54. The van der Waals surface area contributed by atoms with Crippen molar-refractivity contribution < 1.29 is 0 Å². The van der Waals surface area contributed by atoms with E-state index in [2.05, 4.69) is 137 Å². The summed E-state index contributed by atoms with van der Waals surface area (Å²) in [6.07, 6.45) is 0. The molecule has 4 aromatic heterocycles. The lowest BCUT2D eigenvalue weighted by Crippen LogP contribution is -2.01. The first kappa shape index (κ1) is 31.9. The molecule has 0 saturated heterocycles. The highest BCUT2D eigenvalue weighted by Crippen LogP contribution is 2.45. The van der Waals surface area contributed by atoms with Crippen LogP contribution >= 0.6 is 11.3 Å². The van der Waals surface area contributed by atoms with Gasteiger partial charge >= 0.3 is 0 Å². The molecule has 0 unspecified atom stereocenters. The lowest BCUT2D eigenvalue weighted by Gasteiger charge is -2.12. The minimum atomic E-state index is 0.631. The van der Waals surface area contributed by atoms with Crippen molar-refractivity contribution in [3.63, 3.8) is 0 Å². The van der Waals surface area contributed by atoms with Crippen molar-refractivity contribution in [2.45, 2.75) is 0 Å². The van der Waals surface area contributed by atoms with E-state index in [0.717, 1.165) is 33.4 Å². The molecule has 0 amide bonds. The van der Waals surface area contributed by atoms with Crippen LogP contribution in [-0.2, 0) is 0 Å². The Morgan fingerprint density at radius 2 is 0.842 bits per heavy atom.